The lowest BCUT2D eigenvalue weighted by Gasteiger charge is -2.08. The Labute approximate surface area is 158 Å². The highest BCUT2D eigenvalue weighted by Gasteiger charge is 2.14. The SMILES string of the molecule is Cc1c(O)ccc2c(CSc3nnc(-c4ccncc4)n3C)cc(=O)oc12. The summed E-state index contributed by atoms with van der Waals surface area (Å²) in [5.41, 5.74) is 2.28. The Morgan fingerprint density at radius 3 is 2.74 bits per heavy atom. The Hall–Kier alpha value is -3.13. The Balaban J connectivity index is 1.66. The van der Waals surface area contributed by atoms with Gasteiger partial charge in [-0.3, -0.25) is 4.98 Å². The molecule has 0 spiro atoms. The van der Waals surface area contributed by atoms with Crippen molar-refractivity contribution in [2.24, 2.45) is 7.05 Å². The zero-order valence-electron chi connectivity index (χ0n) is 14.7. The van der Waals surface area contributed by atoms with E-state index < -0.39 is 5.63 Å². The number of aromatic hydroxyl groups is 1. The normalized spacial score (nSPS) is 11.2. The van der Waals surface area contributed by atoms with E-state index in [1.807, 2.05) is 23.7 Å². The minimum Gasteiger partial charge on any atom is -0.508 e. The molecule has 0 saturated heterocycles. The molecule has 8 heteroatoms. The van der Waals surface area contributed by atoms with E-state index in [9.17, 15) is 9.90 Å². The van der Waals surface area contributed by atoms with Gasteiger partial charge in [-0.15, -0.1) is 10.2 Å². The molecule has 0 amide bonds. The molecule has 0 saturated carbocycles. The van der Waals surface area contributed by atoms with E-state index in [0.717, 1.165) is 27.5 Å². The summed E-state index contributed by atoms with van der Waals surface area (Å²) in [7, 11) is 1.90. The first-order chi connectivity index (χ1) is 13.0. The molecule has 27 heavy (non-hydrogen) atoms. The molecule has 136 valence electrons. The van der Waals surface area contributed by atoms with Crippen molar-refractivity contribution in [2.45, 2.75) is 17.8 Å². The lowest BCUT2D eigenvalue weighted by atomic mass is 10.1. The second kappa shape index (κ2) is 6.88. The summed E-state index contributed by atoms with van der Waals surface area (Å²) < 4.78 is 7.20. The fraction of sp³-hybridized carbons (Fsp3) is 0.158. The molecule has 0 unspecified atom stereocenters. The molecule has 0 aliphatic carbocycles. The van der Waals surface area contributed by atoms with Crippen LogP contribution >= 0.6 is 11.8 Å². The van der Waals surface area contributed by atoms with Crippen molar-refractivity contribution in [1.82, 2.24) is 19.7 Å². The Morgan fingerprint density at radius 1 is 1.19 bits per heavy atom. The van der Waals surface area contributed by atoms with E-state index in [1.54, 1.807) is 31.5 Å². The van der Waals surface area contributed by atoms with Crippen LogP contribution in [0.5, 0.6) is 5.75 Å². The number of thioether (sulfide) groups is 1. The average Bonchev–Trinajstić information content (AvgIpc) is 3.04. The van der Waals surface area contributed by atoms with Gasteiger partial charge >= 0.3 is 5.63 Å². The lowest BCUT2D eigenvalue weighted by Crippen LogP contribution is -2.01. The van der Waals surface area contributed by atoms with Gasteiger partial charge in [-0.2, -0.15) is 0 Å². The number of fused-ring (bicyclic) bond motifs is 1. The summed E-state index contributed by atoms with van der Waals surface area (Å²) in [4.78, 5) is 16.0. The van der Waals surface area contributed by atoms with Gasteiger partial charge in [0.25, 0.3) is 0 Å². The molecule has 1 aromatic carbocycles. The smallest absolute Gasteiger partial charge is 0.336 e. The Bertz CT molecular complexity index is 1190. The molecule has 7 nitrogen and oxygen atoms in total. The number of phenols is 1. The molecule has 4 aromatic rings. The molecule has 3 aromatic heterocycles. The van der Waals surface area contributed by atoms with Crippen LogP contribution in [-0.2, 0) is 12.8 Å². The van der Waals surface area contributed by atoms with Crippen LogP contribution in [0, 0.1) is 6.92 Å². The average molecular weight is 380 g/mol. The first-order valence-electron chi connectivity index (χ1n) is 8.22. The molecule has 3 heterocycles. The first-order valence-corrected chi connectivity index (χ1v) is 9.21. The number of aryl methyl sites for hydroxylation is 1. The largest absolute Gasteiger partial charge is 0.508 e. The number of rotatable bonds is 4. The second-order valence-corrected chi connectivity index (χ2v) is 7.01. The number of benzene rings is 1. The van der Waals surface area contributed by atoms with Crippen molar-refractivity contribution >= 4 is 22.7 Å². The van der Waals surface area contributed by atoms with Crippen molar-refractivity contribution in [1.29, 1.82) is 0 Å². The minimum atomic E-state index is -0.442. The highest BCUT2D eigenvalue weighted by atomic mass is 32.2. The van der Waals surface area contributed by atoms with Gasteiger partial charge in [-0.25, -0.2) is 4.79 Å². The molecule has 1 N–H and O–H groups in total. The van der Waals surface area contributed by atoms with Crippen molar-refractivity contribution in [2.75, 3.05) is 0 Å². The number of phenolic OH excluding ortho intramolecular Hbond substituents is 1. The monoisotopic (exact) mass is 380 g/mol. The van der Waals surface area contributed by atoms with Gasteiger partial charge < -0.3 is 14.1 Å². The standard InChI is InChI=1S/C19H16N4O3S/c1-11-15(24)4-3-14-13(9-16(25)26-17(11)14)10-27-19-22-21-18(23(19)2)12-5-7-20-8-6-12/h3-9,24H,10H2,1-2H3. The molecule has 0 aliphatic heterocycles. The van der Waals surface area contributed by atoms with Crippen molar-refractivity contribution in [3.05, 3.63) is 64.3 Å². The van der Waals surface area contributed by atoms with Crippen molar-refractivity contribution < 1.29 is 9.52 Å². The summed E-state index contributed by atoms with van der Waals surface area (Å²) in [6.45, 7) is 1.72. The third-order valence-electron chi connectivity index (χ3n) is 4.35. The van der Waals surface area contributed by atoms with Crippen LogP contribution in [0.3, 0.4) is 0 Å². The summed E-state index contributed by atoms with van der Waals surface area (Å²) in [6.07, 6.45) is 3.42. The quantitative estimate of drug-likeness (QED) is 0.429. The Kier molecular flexibility index (Phi) is 4.41. The van der Waals surface area contributed by atoms with Crippen molar-refractivity contribution in [3.8, 4) is 17.1 Å². The molecular formula is C19H16N4O3S. The van der Waals surface area contributed by atoms with Crippen LogP contribution in [-0.4, -0.2) is 24.9 Å². The molecule has 4 rings (SSSR count). The van der Waals surface area contributed by atoms with Crippen LogP contribution in [0.15, 0.2) is 57.1 Å². The van der Waals surface area contributed by atoms with Gasteiger partial charge in [-0.05, 0) is 36.8 Å². The predicted molar refractivity (Wildman–Crippen MR) is 103 cm³/mol. The number of aromatic nitrogens is 4. The summed E-state index contributed by atoms with van der Waals surface area (Å²) >= 11 is 1.48. The van der Waals surface area contributed by atoms with Gasteiger partial charge in [0.05, 0.1) is 0 Å². The molecule has 0 aliphatic rings. The predicted octanol–water partition coefficient (Wildman–Crippen LogP) is 3.29. The summed E-state index contributed by atoms with van der Waals surface area (Å²) in [6, 6.07) is 8.60. The van der Waals surface area contributed by atoms with Crippen molar-refractivity contribution in [3.63, 3.8) is 0 Å². The van der Waals surface area contributed by atoms with Crippen LogP contribution in [0.1, 0.15) is 11.1 Å². The van der Waals surface area contributed by atoms with Gasteiger partial charge in [0.1, 0.15) is 11.3 Å². The minimum absolute atomic E-state index is 0.103. The fourth-order valence-electron chi connectivity index (χ4n) is 2.87. The maximum atomic E-state index is 11.9. The third kappa shape index (κ3) is 3.19. The van der Waals surface area contributed by atoms with E-state index in [-0.39, 0.29) is 5.75 Å². The summed E-state index contributed by atoms with van der Waals surface area (Å²) in [5, 5.41) is 19.9. The topological polar surface area (TPSA) is 94.0 Å². The van der Waals surface area contributed by atoms with E-state index in [2.05, 4.69) is 15.2 Å². The first kappa shape index (κ1) is 17.3. The Morgan fingerprint density at radius 2 is 1.96 bits per heavy atom. The second-order valence-electron chi connectivity index (χ2n) is 6.07. The zero-order valence-corrected chi connectivity index (χ0v) is 15.5. The molecule has 0 radical (unpaired) electrons. The lowest BCUT2D eigenvalue weighted by molar-refractivity contribution is 0.468. The van der Waals surface area contributed by atoms with E-state index in [0.29, 0.717) is 16.9 Å². The number of hydrogen-bond donors (Lipinski definition) is 1. The maximum absolute atomic E-state index is 11.9. The van der Waals surface area contributed by atoms with E-state index in [1.165, 1.54) is 17.8 Å². The number of pyridine rings is 1. The summed E-state index contributed by atoms with van der Waals surface area (Å²) in [5.74, 6) is 1.37. The van der Waals surface area contributed by atoms with E-state index in [4.69, 9.17) is 4.42 Å². The van der Waals surface area contributed by atoms with Crippen LogP contribution in [0.4, 0.5) is 0 Å². The van der Waals surface area contributed by atoms with Crippen LogP contribution < -0.4 is 5.63 Å². The van der Waals surface area contributed by atoms with Crippen LogP contribution in [0.25, 0.3) is 22.4 Å². The van der Waals surface area contributed by atoms with Gasteiger partial charge in [0, 0.05) is 47.8 Å². The molecular weight excluding hydrogens is 364 g/mol. The zero-order chi connectivity index (χ0) is 19.0. The molecule has 0 bridgehead atoms. The third-order valence-corrected chi connectivity index (χ3v) is 5.42. The van der Waals surface area contributed by atoms with Gasteiger partial charge in [0.2, 0.25) is 0 Å². The van der Waals surface area contributed by atoms with Gasteiger partial charge in [0.15, 0.2) is 11.0 Å². The van der Waals surface area contributed by atoms with E-state index >= 15 is 0 Å². The molecule has 0 atom stereocenters. The number of nitrogens with zero attached hydrogens (tertiary/aromatic N) is 4. The molecule has 0 fully saturated rings. The maximum Gasteiger partial charge on any atom is 0.336 e. The highest BCUT2D eigenvalue weighted by Crippen LogP contribution is 2.31. The van der Waals surface area contributed by atoms with Crippen LogP contribution in [0.2, 0.25) is 0 Å². The fourth-order valence-corrected chi connectivity index (χ4v) is 3.77. The van der Waals surface area contributed by atoms with Gasteiger partial charge in [-0.1, -0.05) is 11.8 Å². The number of hydrogen-bond acceptors (Lipinski definition) is 7. The highest BCUT2D eigenvalue weighted by molar-refractivity contribution is 7.98.